The van der Waals surface area contributed by atoms with Crippen LogP contribution in [0.25, 0.3) is 0 Å². The van der Waals surface area contributed by atoms with E-state index < -0.39 is 10.0 Å². The minimum Gasteiger partial charge on any atom is -0.298 e. The predicted molar refractivity (Wildman–Crippen MR) is 124 cm³/mol. The van der Waals surface area contributed by atoms with Gasteiger partial charge in [-0.3, -0.25) is 14.4 Å². The number of hydrogen-bond donors (Lipinski definition) is 1. The van der Waals surface area contributed by atoms with Crippen LogP contribution in [-0.2, 0) is 10.0 Å². The molecule has 0 saturated carbocycles. The highest BCUT2D eigenvalue weighted by atomic mass is 32.2. The van der Waals surface area contributed by atoms with Gasteiger partial charge in [0.15, 0.2) is 5.13 Å². The number of thiazole rings is 1. The highest BCUT2D eigenvalue weighted by Gasteiger charge is 2.21. The third kappa shape index (κ3) is 5.25. The number of benzene rings is 2. The molecule has 3 aromatic rings. The van der Waals surface area contributed by atoms with E-state index in [1.807, 2.05) is 13.8 Å². The summed E-state index contributed by atoms with van der Waals surface area (Å²) in [6.45, 7) is 3.72. The normalized spacial score (nSPS) is 11.0. The molecular weight excluding hydrogens is 452 g/mol. The Morgan fingerprint density at radius 1 is 1.16 bits per heavy atom. The van der Waals surface area contributed by atoms with Gasteiger partial charge in [0, 0.05) is 12.6 Å². The maximum Gasteiger partial charge on any atom is 0.264 e. The first-order valence-corrected chi connectivity index (χ1v) is 12.4. The van der Waals surface area contributed by atoms with Crippen LogP contribution >= 0.6 is 23.1 Å². The number of aryl methyl sites for hydroxylation is 2. The summed E-state index contributed by atoms with van der Waals surface area (Å²) in [7, 11) is -2.23. The molecule has 0 aliphatic rings. The van der Waals surface area contributed by atoms with Gasteiger partial charge in [0.2, 0.25) is 0 Å². The Bertz CT molecular complexity index is 1230. The van der Waals surface area contributed by atoms with Crippen molar-refractivity contribution in [3.8, 4) is 6.07 Å². The standard InChI is InChI=1S/C21H20N4O3S3/c1-14-4-10-18(11-5-14)31(27,28)25(3)17-8-6-16(7-9-17)19(26)24-21-23-15(2)20(30-21)29-13-12-22/h4-11H,13H2,1-3H3,(H,23,24,26). The van der Waals surface area contributed by atoms with E-state index in [2.05, 4.69) is 16.4 Å². The van der Waals surface area contributed by atoms with Crippen LogP contribution in [0.3, 0.4) is 0 Å². The number of aromatic nitrogens is 1. The van der Waals surface area contributed by atoms with Crippen molar-refractivity contribution >= 4 is 49.8 Å². The topological polar surface area (TPSA) is 103 Å². The average molecular weight is 473 g/mol. The molecular formula is C21H20N4O3S3. The van der Waals surface area contributed by atoms with Crippen LogP contribution in [0.4, 0.5) is 10.8 Å². The molecule has 2 aromatic carbocycles. The van der Waals surface area contributed by atoms with Gasteiger partial charge in [-0.25, -0.2) is 13.4 Å². The Balaban J connectivity index is 1.73. The number of carbonyl (C=O) groups is 1. The predicted octanol–water partition coefficient (Wildman–Crippen LogP) is 4.45. The molecule has 0 aliphatic heterocycles. The lowest BCUT2D eigenvalue weighted by Gasteiger charge is -2.20. The molecule has 10 heteroatoms. The number of thioether (sulfide) groups is 1. The Morgan fingerprint density at radius 2 is 1.81 bits per heavy atom. The van der Waals surface area contributed by atoms with E-state index >= 15 is 0 Å². The summed E-state index contributed by atoms with van der Waals surface area (Å²) in [5.74, 6) is -0.0298. The fourth-order valence-electron chi connectivity index (χ4n) is 2.67. The van der Waals surface area contributed by atoms with Gasteiger partial charge in [-0.1, -0.05) is 40.8 Å². The van der Waals surface area contributed by atoms with Crippen LogP contribution in [0.2, 0.25) is 0 Å². The zero-order chi connectivity index (χ0) is 22.6. The first kappa shape index (κ1) is 22.8. The molecule has 1 heterocycles. The van der Waals surface area contributed by atoms with Crippen molar-refractivity contribution in [2.75, 3.05) is 22.4 Å². The molecule has 0 aliphatic carbocycles. The Kier molecular flexibility index (Phi) is 7.00. The highest BCUT2D eigenvalue weighted by molar-refractivity contribution is 8.01. The molecule has 31 heavy (non-hydrogen) atoms. The smallest absolute Gasteiger partial charge is 0.264 e. The van der Waals surface area contributed by atoms with Crippen LogP contribution in [0.5, 0.6) is 0 Å². The first-order valence-electron chi connectivity index (χ1n) is 9.16. The monoisotopic (exact) mass is 472 g/mol. The third-order valence-corrected chi connectivity index (χ3v) is 8.52. The van der Waals surface area contributed by atoms with Gasteiger partial charge < -0.3 is 0 Å². The number of sulfonamides is 1. The van der Waals surface area contributed by atoms with Crippen LogP contribution in [0.1, 0.15) is 21.6 Å². The summed E-state index contributed by atoms with van der Waals surface area (Å²) in [5, 5.41) is 11.9. The van der Waals surface area contributed by atoms with Crippen molar-refractivity contribution in [1.82, 2.24) is 4.98 Å². The summed E-state index contributed by atoms with van der Waals surface area (Å²) in [6.07, 6.45) is 0. The minimum atomic E-state index is -3.70. The SMILES string of the molecule is Cc1ccc(S(=O)(=O)N(C)c2ccc(C(=O)Nc3nc(C)c(SCC#N)s3)cc2)cc1. The van der Waals surface area contributed by atoms with E-state index in [4.69, 9.17) is 5.26 Å². The lowest BCUT2D eigenvalue weighted by Crippen LogP contribution is -2.26. The largest absolute Gasteiger partial charge is 0.298 e. The Labute approximate surface area is 189 Å². The summed E-state index contributed by atoms with van der Waals surface area (Å²) in [6, 6.07) is 15.0. The molecule has 3 rings (SSSR count). The van der Waals surface area contributed by atoms with Crippen molar-refractivity contribution in [2.24, 2.45) is 0 Å². The second-order valence-electron chi connectivity index (χ2n) is 6.63. The summed E-state index contributed by atoms with van der Waals surface area (Å²) >= 11 is 2.69. The number of amides is 1. The van der Waals surface area contributed by atoms with Gasteiger partial charge >= 0.3 is 0 Å². The van der Waals surface area contributed by atoms with Crippen LogP contribution in [0.15, 0.2) is 57.6 Å². The molecule has 7 nitrogen and oxygen atoms in total. The second-order valence-corrected chi connectivity index (χ2v) is 10.8. The molecule has 0 radical (unpaired) electrons. The number of nitrogens with zero attached hydrogens (tertiary/aromatic N) is 3. The Hall–Kier alpha value is -2.87. The van der Waals surface area contributed by atoms with Crippen LogP contribution < -0.4 is 9.62 Å². The molecule has 160 valence electrons. The van der Waals surface area contributed by atoms with Gasteiger partial charge in [-0.15, -0.1) is 0 Å². The van der Waals surface area contributed by atoms with E-state index in [-0.39, 0.29) is 10.8 Å². The summed E-state index contributed by atoms with van der Waals surface area (Å²) in [4.78, 5) is 17.1. The number of nitriles is 1. The van der Waals surface area contributed by atoms with Crippen molar-refractivity contribution in [3.63, 3.8) is 0 Å². The van der Waals surface area contributed by atoms with Gasteiger partial charge in [-0.05, 0) is 50.2 Å². The van der Waals surface area contributed by atoms with Crippen LogP contribution in [-0.4, -0.2) is 32.1 Å². The molecule has 0 saturated heterocycles. The van der Waals surface area contributed by atoms with Gasteiger partial charge in [0.05, 0.1) is 32.3 Å². The fourth-order valence-corrected chi connectivity index (χ4v) is 5.66. The first-order chi connectivity index (χ1) is 14.7. The van der Waals surface area contributed by atoms with E-state index in [0.29, 0.717) is 22.1 Å². The number of rotatable bonds is 7. The molecule has 0 atom stereocenters. The van der Waals surface area contributed by atoms with Gasteiger partial charge in [-0.2, -0.15) is 5.26 Å². The van der Waals surface area contributed by atoms with Gasteiger partial charge in [0.25, 0.3) is 15.9 Å². The van der Waals surface area contributed by atoms with Crippen molar-refractivity contribution in [2.45, 2.75) is 23.0 Å². The minimum absolute atomic E-state index is 0.201. The molecule has 0 spiro atoms. The number of hydrogen-bond acceptors (Lipinski definition) is 7. The highest BCUT2D eigenvalue weighted by Crippen LogP contribution is 2.32. The Morgan fingerprint density at radius 3 is 2.42 bits per heavy atom. The molecule has 1 N–H and O–H groups in total. The molecule has 0 bridgehead atoms. The van der Waals surface area contributed by atoms with Gasteiger partial charge in [0.1, 0.15) is 0 Å². The molecule has 0 fully saturated rings. The summed E-state index contributed by atoms with van der Waals surface area (Å²) in [5.41, 5.74) is 2.56. The molecule has 1 aromatic heterocycles. The maximum atomic E-state index is 12.8. The summed E-state index contributed by atoms with van der Waals surface area (Å²) < 4.78 is 27.7. The second kappa shape index (κ2) is 9.51. The van der Waals surface area contributed by atoms with Crippen LogP contribution in [0, 0.1) is 25.2 Å². The fraction of sp³-hybridized carbons (Fsp3) is 0.190. The van der Waals surface area contributed by atoms with E-state index in [1.54, 1.807) is 48.5 Å². The number of carbonyl (C=O) groups excluding carboxylic acids is 1. The van der Waals surface area contributed by atoms with Crippen molar-refractivity contribution in [1.29, 1.82) is 5.26 Å². The lowest BCUT2D eigenvalue weighted by molar-refractivity contribution is 0.102. The molecule has 1 amide bonds. The number of anilines is 2. The number of nitrogens with one attached hydrogen (secondary N) is 1. The van der Waals surface area contributed by atoms with Crippen molar-refractivity contribution in [3.05, 3.63) is 65.4 Å². The average Bonchev–Trinajstić information content (AvgIpc) is 3.10. The third-order valence-electron chi connectivity index (χ3n) is 4.41. The zero-order valence-electron chi connectivity index (χ0n) is 17.1. The van der Waals surface area contributed by atoms with E-state index in [0.717, 1.165) is 15.5 Å². The van der Waals surface area contributed by atoms with Crippen molar-refractivity contribution < 1.29 is 13.2 Å². The lowest BCUT2D eigenvalue weighted by atomic mass is 10.2. The zero-order valence-corrected chi connectivity index (χ0v) is 19.6. The van der Waals surface area contributed by atoms with E-state index in [1.165, 1.54) is 34.5 Å². The quantitative estimate of drug-likeness (QED) is 0.510. The maximum absolute atomic E-state index is 12.8. The molecule has 0 unspecified atom stereocenters. The van der Waals surface area contributed by atoms with E-state index in [9.17, 15) is 13.2 Å².